The van der Waals surface area contributed by atoms with Crippen LogP contribution in [0.1, 0.15) is 17.2 Å². The molecule has 2 N–H and O–H groups in total. The summed E-state index contributed by atoms with van der Waals surface area (Å²) < 4.78 is 5.50. The molecule has 0 radical (unpaired) electrons. The highest BCUT2D eigenvalue weighted by atomic mass is 16.6. The van der Waals surface area contributed by atoms with Crippen LogP contribution in [0, 0.1) is 10.1 Å². The predicted molar refractivity (Wildman–Crippen MR) is 76.3 cm³/mol. The average Bonchev–Trinajstić information content (AvgIpc) is 2.87. The minimum Gasteiger partial charge on any atom is -0.508 e. The van der Waals surface area contributed by atoms with Gasteiger partial charge in [0, 0.05) is 29.8 Å². The second kappa shape index (κ2) is 5.41. The second-order valence-corrected chi connectivity index (χ2v) is 4.85. The van der Waals surface area contributed by atoms with Gasteiger partial charge in [-0.3, -0.25) is 10.1 Å². The molecule has 21 heavy (non-hydrogen) atoms. The number of fused-ring (bicyclic) bond motifs is 1. The van der Waals surface area contributed by atoms with E-state index in [9.17, 15) is 15.2 Å². The van der Waals surface area contributed by atoms with Crippen LogP contribution in [0.15, 0.2) is 42.5 Å². The van der Waals surface area contributed by atoms with Crippen molar-refractivity contribution in [3.8, 4) is 11.5 Å². The molecule has 0 amide bonds. The number of nitrogens with zero attached hydrogens (tertiary/aromatic N) is 1. The van der Waals surface area contributed by atoms with Gasteiger partial charge in [-0.15, -0.1) is 0 Å². The molecule has 0 spiro atoms. The third kappa shape index (κ3) is 2.66. The third-order valence-electron chi connectivity index (χ3n) is 3.51. The van der Waals surface area contributed by atoms with E-state index in [-0.39, 0.29) is 22.4 Å². The van der Waals surface area contributed by atoms with Crippen LogP contribution < -0.4 is 10.1 Å². The Hall–Kier alpha value is -2.60. The number of phenolic OH excluding ortho intramolecular Hbond substituents is 1. The summed E-state index contributed by atoms with van der Waals surface area (Å²) in [7, 11) is 0. The molecular weight excluding hydrogens is 272 g/mol. The average molecular weight is 286 g/mol. The van der Waals surface area contributed by atoms with Crippen molar-refractivity contribution in [2.75, 3.05) is 6.61 Å². The molecule has 0 fully saturated rings. The Morgan fingerprint density at radius 1 is 1.33 bits per heavy atom. The first-order chi connectivity index (χ1) is 10.1. The lowest BCUT2D eigenvalue weighted by Crippen LogP contribution is -2.22. The molecule has 0 aromatic heterocycles. The van der Waals surface area contributed by atoms with E-state index in [1.807, 2.05) is 0 Å². The van der Waals surface area contributed by atoms with Gasteiger partial charge in [-0.1, -0.05) is 18.2 Å². The summed E-state index contributed by atoms with van der Waals surface area (Å²) in [5, 5.41) is 23.6. The Morgan fingerprint density at radius 2 is 2.14 bits per heavy atom. The first kappa shape index (κ1) is 13.4. The molecule has 6 nitrogen and oxygen atoms in total. The number of para-hydroxylation sites is 1. The summed E-state index contributed by atoms with van der Waals surface area (Å²) in [5.74, 6) is 0.808. The molecular formula is C15H14N2O4. The van der Waals surface area contributed by atoms with Crippen LogP contribution in [0.4, 0.5) is 5.69 Å². The zero-order valence-corrected chi connectivity index (χ0v) is 11.2. The smallest absolute Gasteiger partial charge is 0.273 e. The minimum absolute atomic E-state index is 0.0413. The Labute approximate surface area is 121 Å². The molecule has 2 aromatic rings. The van der Waals surface area contributed by atoms with Crippen LogP contribution in [-0.2, 0) is 6.54 Å². The van der Waals surface area contributed by atoms with E-state index in [1.54, 1.807) is 36.4 Å². The molecule has 1 heterocycles. The summed E-state index contributed by atoms with van der Waals surface area (Å²) >= 11 is 0. The van der Waals surface area contributed by atoms with Gasteiger partial charge in [0.2, 0.25) is 0 Å². The molecule has 1 aliphatic heterocycles. The number of phenols is 1. The molecule has 0 saturated heterocycles. The molecule has 0 bridgehead atoms. The molecule has 3 rings (SSSR count). The zero-order chi connectivity index (χ0) is 14.8. The van der Waals surface area contributed by atoms with Crippen molar-refractivity contribution in [1.82, 2.24) is 5.32 Å². The SMILES string of the molecule is O=[N+]([O-])c1ccccc1CNC1COc2cc(O)ccc21. The molecule has 6 heteroatoms. The summed E-state index contributed by atoms with van der Waals surface area (Å²) in [5.41, 5.74) is 1.69. The Morgan fingerprint density at radius 3 is 2.95 bits per heavy atom. The number of benzene rings is 2. The van der Waals surface area contributed by atoms with E-state index in [1.165, 1.54) is 6.07 Å². The summed E-state index contributed by atoms with van der Waals surface area (Å²) in [6.07, 6.45) is 0. The maximum Gasteiger partial charge on any atom is 0.273 e. The lowest BCUT2D eigenvalue weighted by atomic mass is 10.1. The van der Waals surface area contributed by atoms with Gasteiger partial charge in [0.05, 0.1) is 11.0 Å². The van der Waals surface area contributed by atoms with Crippen molar-refractivity contribution in [2.24, 2.45) is 0 Å². The van der Waals surface area contributed by atoms with Gasteiger partial charge in [-0.25, -0.2) is 0 Å². The number of nitro groups is 1. The number of nitro benzene ring substituents is 1. The van der Waals surface area contributed by atoms with Gasteiger partial charge >= 0.3 is 0 Å². The van der Waals surface area contributed by atoms with Crippen LogP contribution in [0.5, 0.6) is 11.5 Å². The maximum absolute atomic E-state index is 11.0. The fraction of sp³-hybridized carbons (Fsp3) is 0.200. The van der Waals surface area contributed by atoms with Gasteiger partial charge in [0.15, 0.2) is 0 Å². The molecule has 2 aromatic carbocycles. The quantitative estimate of drug-likeness (QED) is 0.666. The highest BCUT2D eigenvalue weighted by molar-refractivity contribution is 5.45. The highest BCUT2D eigenvalue weighted by Crippen LogP contribution is 2.35. The van der Waals surface area contributed by atoms with Crippen molar-refractivity contribution in [3.05, 3.63) is 63.7 Å². The molecule has 108 valence electrons. The van der Waals surface area contributed by atoms with Gasteiger partial charge in [-0.2, -0.15) is 0 Å². The monoisotopic (exact) mass is 286 g/mol. The van der Waals surface area contributed by atoms with Crippen molar-refractivity contribution < 1.29 is 14.8 Å². The van der Waals surface area contributed by atoms with Gasteiger partial charge in [0.1, 0.15) is 18.1 Å². The second-order valence-electron chi connectivity index (χ2n) is 4.85. The molecule has 1 aliphatic rings. The molecule has 1 unspecified atom stereocenters. The zero-order valence-electron chi connectivity index (χ0n) is 11.2. The number of rotatable bonds is 4. The van der Waals surface area contributed by atoms with E-state index < -0.39 is 0 Å². The van der Waals surface area contributed by atoms with E-state index in [2.05, 4.69) is 5.32 Å². The summed E-state index contributed by atoms with van der Waals surface area (Å²) in [6.45, 7) is 0.824. The third-order valence-corrected chi connectivity index (χ3v) is 3.51. The number of hydrogen-bond donors (Lipinski definition) is 2. The van der Waals surface area contributed by atoms with E-state index in [0.717, 1.165) is 5.56 Å². The highest BCUT2D eigenvalue weighted by Gasteiger charge is 2.24. The largest absolute Gasteiger partial charge is 0.508 e. The number of ether oxygens (including phenoxy) is 1. The Kier molecular flexibility index (Phi) is 3.45. The number of aromatic hydroxyl groups is 1. The van der Waals surface area contributed by atoms with E-state index in [0.29, 0.717) is 24.5 Å². The molecule has 1 atom stereocenters. The number of nitrogens with one attached hydrogen (secondary N) is 1. The van der Waals surface area contributed by atoms with E-state index in [4.69, 9.17) is 4.74 Å². The topological polar surface area (TPSA) is 84.6 Å². The van der Waals surface area contributed by atoms with E-state index >= 15 is 0 Å². The van der Waals surface area contributed by atoms with Crippen molar-refractivity contribution in [1.29, 1.82) is 0 Å². The Bertz CT molecular complexity index is 687. The first-order valence-electron chi connectivity index (χ1n) is 6.56. The van der Waals surface area contributed by atoms with Crippen LogP contribution in [0.2, 0.25) is 0 Å². The first-order valence-corrected chi connectivity index (χ1v) is 6.56. The minimum atomic E-state index is -0.381. The summed E-state index contributed by atoms with van der Waals surface area (Å²) in [6, 6.07) is 11.6. The van der Waals surface area contributed by atoms with Crippen molar-refractivity contribution in [2.45, 2.75) is 12.6 Å². The van der Waals surface area contributed by atoms with Gasteiger partial charge < -0.3 is 15.2 Å². The lowest BCUT2D eigenvalue weighted by Gasteiger charge is -2.11. The van der Waals surface area contributed by atoms with Crippen LogP contribution in [0.25, 0.3) is 0 Å². The summed E-state index contributed by atoms with van der Waals surface area (Å²) in [4.78, 5) is 10.6. The number of hydrogen-bond acceptors (Lipinski definition) is 5. The normalized spacial score (nSPS) is 16.3. The maximum atomic E-state index is 11.0. The fourth-order valence-electron chi connectivity index (χ4n) is 2.44. The molecule has 0 saturated carbocycles. The molecule has 0 aliphatic carbocycles. The van der Waals surface area contributed by atoms with Crippen LogP contribution in [0.3, 0.4) is 0 Å². The van der Waals surface area contributed by atoms with Crippen LogP contribution >= 0.6 is 0 Å². The van der Waals surface area contributed by atoms with Gasteiger partial charge in [0.25, 0.3) is 5.69 Å². The van der Waals surface area contributed by atoms with Crippen molar-refractivity contribution in [3.63, 3.8) is 0 Å². The van der Waals surface area contributed by atoms with Crippen molar-refractivity contribution >= 4 is 5.69 Å². The standard InChI is InChI=1S/C15H14N2O4/c18-11-5-6-12-13(9-21-15(12)7-11)16-8-10-3-1-2-4-14(10)17(19)20/h1-7,13,16,18H,8-9H2. The van der Waals surface area contributed by atoms with Crippen LogP contribution in [-0.4, -0.2) is 16.6 Å². The van der Waals surface area contributed by atoms with Gasteiger partial charge in [-0.05, 0) is 12.1 Å². The Balaban J connectivity index is 1.75. The predicted octanol–water partition coefficient (Wildman–Crippen LogP) is 2.52. The lowest BCUT2D eigenvalue weighted by molar-refractivity contribution is -0.385. The fourth-order valence-corrected chi connectivity index (χ4v) is 2.44.